The van der Waals surface area contributed by atoms with Gasteiger partial charge in [-0.25, -0.2) is 0 Å². The number of aliphatic hydroxyl groups is 1. The summed E-state index contributed by atoms with van der Waals surface area (Å²) >= 11 is 0. The summed E-state index contributed by atoms with van der Waals surface area (Å²) in [6.45, 7) is 2.29. The lowest BCUT2D eigenvalue weighted by molar-refractivity contribution is -0.383. The van der Waals surface area contributed by atoms with Gasteiger partial charge in [0.05, 0.1) is 11.0 Å². The highest BCUT2D eigenvalue weighted by atomic mass is 16.6. The van der Waals surface area contributed by atoms with Crippen molar-refractivity contribution in [2.75, 3.05) is 17.6 Å². The van der Waals surface area contributed by atoms with E-state index in [-0.39, 0.29) is 17.5 Å². The van der Waals surface area contributed by atoms with Gasteiger partial charge in [0, 0.05) is 18.3 Å². The van der Waals surface area contributed by atoms with Crippen LogP contribution in [-0.2, 0) is 0 Å². The van der Waals surface area contributed by atoms with Crippen molar-refractivity contribution in [1.29, 1.82) is 0 Å². The first-order valence-corrected chi connectivity index (χ1v) is 4.96. The van der Waals surface area contributed by atoms with Crippen LogP contribution in [0.1, 0.15) is 13.3 Å². The summed E-state index contributed by atoms with van der Waals surface area (Å²) in [5.74, 6) is 0. The first-order valence-electron chi connectivity index (χ1n) is 4.96. The Labute approximate surface area is 93.2 Å². The number of nitro groups is 1. The lowest BCUT2D eigenvalue weighted by Gasteiger charge is -2.08. The molecule has 1 unspecified atom stereocenters. The molecular formula is C10H15N3O3. The van der Waals surface area contributed by atoms with Crippen molar-refractivity contribution < 1.29 is 10.0 Å². The summed E-state index contributed by atoms with van der Waals surface area (Å²) in [7, 11) is 0. The highest BCUT2D eigenvalue weighted by molar-refractivity contribution is 5.65. The fourth-order valence-corrected chi connectivity index (χ4v) is 1.26. The third kappa shape index (κ3) is 3.39. The van der Waals surface area contributed by atoms with Crippen molar-refractivity contribution in [3.05, 3.63) is 28.3 Å². The molecule has 0 aliphatic carbocycles. The largest absolute Gasteiger partial charge is 0.393 e. The molecule has 0 aliphatic heterocycles. The summed E-state index contributed by atoms with van der Waals surface area (Å²) in [6.07, 6.45) is 0.236. The minimum absolute atomic E-state index is 0.0962. The fourth-order valence-electron chi connectivity index (χ4n) is 1.26. The number of nitrogens with two attached hydrogens (primary N) is 1. The van der Waals surface area contributed by atoms with Crippen LogP contribution >= 0.6 is 0 Å². The van der Waals surface area contributed by atoms with Gasteiger partial charge in [-0.1, -0.05) is 0 Å². The van der Waals surface area contributed by atoms with Crippen LogP contribution in [0.25, 0.3) is 0 Å². The fraction of sp³-hybridized carbons (Fsp3) is 0.400. The second-order valence-electron chi connectivity index (χ2n) is 3.60. The molecule has 1 aromatic carbocycles. The maximum absolute atomic E-state index is 10.5. The maximum Gasteiger partial charge on any atom is 0.292 e. The zero-order valence-corrected chi connectivity index (χ0v) is 9.01. The third-order valence-electron chi connectivity index (χ3n) is 2.12. The summed E-state index contributed by atoms with van der Waals surface area (Å²) in [4.78, 5) is 9.99. The van der Waals surface area contributed by atoms with E-state index in [0.29, 0.717) is 18.7 Å². The number of hydrogen-bond donors (Lipinski definition) is 3. The molecule has 4 N–H and O–H groups in total. The number of nitrogens with zero attached hydrogens (tertiary/aromatic N) is 1. The minimum Gasteiger partial charge on any atom is -0.393 e. The standard InChI is InChI=1S/C10H15N3O3/c1-7(14)4-5-12-8-2-3-10(13(15)16)9(11)6-8/h2-3,6-7,12,14H,4-5,11H2,1H3. The molecule has 1 aromatic rings. The topological polar surface area (TPSA) is 101 Å². The second kappa shape index (κ2) is 5.32. The molecule has 0 bridgehead atoms. The molecule has 0 spiro atoms. The van der Waals surface area contributed by atoms with E-state index in [0.717, 1.165) is 0 Å². The van der Waals surface area contributed by atoms with Crippen molar-refractivity contribution >= 4 is 17.1 Å². The van der Waals surface area contributed by atoms with Gasteiger partial charge in [0.25, 0.3) is 5.69 Å². The summed E-state index contributed by atoms with van der Waals surface area (Å²) in [5.41, 5.74) is 6.27. The SMILES string of the molecule is CC(O)CCNc1ccc([N+](=O)[O-])c(N)c1. The van der Waals surface area contributed by atoms with Crippen LogP contribution in [0.15, 0.2) is 18.2 Å². The predicted molar refractivity (Wildman–Crippen MR) is 62.3 cm³/mol. The summed E-state index contributed by atoms with van der Waals surface area (Å²) < 4.78 is 0. The van der Waals surface area contributed by atoms with E-state index >= 15 is 0 Å². The Morgan fingerprint density at radius 3 is 2.81 bits per heavy atom. The van der Waals surface area contributed by atoms with E-state index in [4.69, 9.17) is 10.8 Å². The number of nitro benzene ring substituents is 1. The van der Waals surface area contributed by atoms with E-state index in [9.17, 15) is 10.1 Å². The number of nitrogen functional groups attached to an aromatic ring is 1. The minimum atomic E-state index is -0.519. The first kappa shape index (κ1) is 12.3. The van der Waals surface area contributed by atoms with Crippen molar-refractivity contribution in [3.63, 3.8) is 0 Å². The van der Waals surface area contributed by atoms with Gasteiger partial charge in [0.15, 0.2) is 0 Å². The molecule has 16 heavy (non-hydrogen) atoms. The van der Waals surface area contributed by atoms with Crippen molar-refractivity contribution in [2.24, 2.45) is 0 Å². The molecule has 0 amide bonds. The van der Waals surface area contributed by atoms with Crippen LogP contribution in [0.5, 0.6) is 0 Å². The molecule has 0 aromatic heterocycles. The predicted octanol–water partition coefficient (Wildman–Crippen LogP) is 1.36. The van der Waals surface area contributed by atoms with E-state index < -0.39 is 4.92 Å². The first-order chi connectivity index (χ1) is 7.50. The highest BCUT2D eigenvalue weighted by Gasteiger charge is 2.10. The van der Waals surface area contributed by atoms with Gasteiger partial charge >= 0.3 is 0 Å². The molecule has 6 nitrogen and oxygen atoms in total. The Hall–Kier alpha value is -1.82. The Kier molecular flexibility index (Phi) is 4.07. The molecule has 0 saturated heterocycles. The number of rotatable bonds is 5. The van der Waals surface area contributed by atoms with Crippen LogP contribution in [0.3, 0.4) is 0 Å². The van der Waals surface area contributed by atoms with Crippen LogP contribution < -0.4 is 11.1 Å². The normalized spacial score (nSPS) is 12.1. The van der Waals surface area contributed by atoms with Gasteiger partial charge in [-0.15, -0.1) is 0 Å². The van der Waals surface area contributed by atoms with E-state index in [1.165, 1.54) is 12.1 Å². The Bertz CT molecular complexity index is 380. The molecule has 1 rings (SSSR count). The van der Waals surface area contributed by atoms with Crippen LogP contribution in [0, 0.1) is 10.1 Å². The highest BCUT2D eigenvalue weighted by Crippen LogP contribution is 2.24. The number of hydrogen-bond acceptors (Lipinski definition) is 5. The molecule has 1 atom stereocenters. The van der Waals surface area contributed by atoms with Gasteiger partial charge in [-0.2, -0.15) is 0 Å². The second-order valence-corrected chi connectivity index (χ2v) is 3.60. The summed E-state index contributed by atoms with van der Waals surface area (Å²) in [6, 6.07) is 4.47. The average Bonchev–Trinajstić information content (AvgIpc) is 2.16. The molecule has 88 valence electrons. The summed E-state index contributed by atoms with van der Waals surface area (Å²) in [5, 5.41) is 22.6. The lowest BCUT2D eigenvalue weighted by atomic mass is 10.2. The number of anilines is 2. The molecule has 0 saturated carbocycles. The zero-order chi connectivity index (χ0) is 12.1. The number of aliphatic hydroxyl groups excluding tert-OH is 1. The van der Waals surface area contributed by atoms with E-state index in [2.05, 4.69) is 5.32 Å². The van der Waals surface area contributed by atoms with Gasteiger partial charge in [0.1, 0.15) is 5.69 Å². The average molecular weight is 225 g/mol. The van der Waals surface area contributed by atoms with Crippen molar-refractivity contribution in [3.8, 4) is 0 Å². The van der Waals surface area contributed by atoms with Crippen LogP contribution in [-0.4, -0.2) is 22.7 Å². The van der Waals surface area contributed by atoms with E-state index in [1.54, 1.807) is 13.0 Å². The molecular weight excluding hydrogens is 210 g/mol. The van der Waals surface area contributed by atoms with Gasteiger partial charge < -0.3 is 16.2 Å². The van der Waals surface area contributed by atoms with E-state index in [1.807, 2.05) is 0 Å². The smallest absolute Gasteiger partial charge is 0.292 e. The molecule has 0 aliphatic rings. The van der Waals surface area contributed by atoms with Gasteiger partial charge in [0.2, 0.25) is 0 Å². The Balaban J connectivity index is 2.63. The van der Waals surface area contributed by atoms with Crippen LogP contribution in [0.4, 0.5) is 17.1 Å². The Morgan fingerprint density at radius 1 is 1.62 bits per heavy atom. The third-order valence-corrected chi connectivity index (χ3v) is 2.12. The molecule has 0 heterocycles. The van der Waals surface area contributed by atoms with Crippen molar-refractivity contribution in [1.82, 2.24) is 0 Å². The molecule has 6 heteroatoms. The Morgan fingerprint density at radius 2 is 2.31 bits per heavy atom. The van der Waals surface area contributed by atoms with Gasteiger partial charge in [-0.05, 0) is 25.5 Å². The van der Waals surface area contributed by atoms with Crippen LogP contribution in [0.2, 0.25) is 0 Å². The molecule has 0 radical (unpaired) electrons. The zero-order valence-electron chi connectivity index (χ0n) is 9.01. The molecule has 0 fully saturated rings. The van der Waals surface area contributed by atoms with Gasteiger partial charge in [-0.3, -0.25) is 10.1 Å². The number of benzene rings is 1. The maximum atomic E-state index is 10.5. The monoisotopic (exact) mass is 225 g/mol. The quantitative estimate of drug-likeness (QED) is 0.399. The lowest BCUT2D eigenvalue weighted by Crippen LogP contribution is -2.10. The van der Waals surface area contributed by atoms with Crippen molar-refractivity contribution in [2.45, 2.75) is 19.4 Å². The number of nitrogens with one attached hydrogen (secondary N) is 1.